The van der Waals surface area contributed by atoms with E-state index in [0.717, 1.165) is 21.7 Å². The molecule has 0 aliphatic rings. The van der Waals surface area contributed by atoms with Crippen molar-refractivity contribution in [2.24, 2.45) is 0 Å². The summed E-state index contributed by atoms with van der Waals surface area (Å²) in [4.78, 5) is 18.2. The Balaban J connectivity index is 1.77. The van der Waals surface area contributed by atoms with Gasteiger partial charge in [-0.3, -0.25) is 9.20 Å². The van der Waals surface area contributed by atoms with Gasteiger partial charge in [-0.1, -0.05) is 17.7 Å². The predicted octanol–water partition coefficient (Wildman–Crippen LogP) is 5.07. The number of thiazole rings is 1. The Labute approximate surface area is 153 Å². The average molecular weight is 365 g/mol. The monoisotopic (exact) mass is 365 g/mol. The molecule has 0 bridgehead atoms. The Bertz CT molecular complexity index is 1110. The van der Waals surface area contributed by atoms with Gasteiger partial charge in [-0.25, -0.2) is 9.37 Å². The molecule has 1 amide bonds. The zero-order valence-corrected chi connectivity index (χ0v) is 15.1. The summed E-state index contributed by atoms with van der Waals surface area (Å²) in [7, 11) is 0. The minimum atomic E-state index is -0.310. The molecule has 130 valence electrons. The van der Waals surface area contributed by atoms with Crippen LogP contribution in [0.4, 0.5) is 10.2 Å². The van der Waals surface area contributed by atoms with Crippen molar-refractivity contribution < 1.29 is 9.18 Å². The van der Waals surface area contributed by atoms with Gasteiger partial charge in [0.25, 0.3) is 5.91 Å². The number of fused-ring (bicyclic) bond motifs is 1. The van der Waals surface area contributed by atoms with Gasteiger partial charge in [0.2, 0.25) is 0 Å². The fourth-order valence-corrected chi connectivity index (χ4v) is 3.67. The normalized spacial score (nSPS) is 11.0. The van der Waals surface area contributed by atoms with E-state index in [1.54, 1.807) is 12.1 Å². The van der Waals surface area contributed by atoms with Crippen molar-refractivity contribution in [3.8, 4) is 11.3 Å². The molecule has 0 spiro atoms. The first-order valence-corrected chi connectivity index (χ1v) is 9.01. The van der Waals surface area contributed by atoms with E-state index in [0.29, 0.717) is 17.1 Å². The highest BCUT2D eigenvalue weighted by Gasteiger charge is 2.19. The van der Waals surface area contributed by atoms with E-state index in [4.69, 9.17) is 0 Å². The molecule has 0 radical (unpaired) electrons. The van der Waals surface area contributed by atoms with Crippen LogP contribution < -0.4 is 5.32 Å². The average Bonchev–Trinajstić information content (AvgIpc) is 3.18. The van der Waals surface area contributed by atoms with Crippen LogP contribution in [-0.4, -0.2) is 15.3 Å². The van der Waals surface area contributed by atoms with Gasteiger partial charge in [0.15, 0.2) is 4.96 Å². The first kappa shape index (κ1) is 16.5. The lowest BCUT2D eigenvalue weighted by Gasteiger charge is -2.10. The number of hydrogen-bond acceptors (Lipinski definition) is 3. The first-order valence-electron chi connectivity index (χ1n) is 8.13. The lowest BCUT2D eigenvalue weighted by molar-refractivity contribution is 0.102. The second kappa shape index (κ2) is 6.38. The summed E-state index contributed by atoms with van der Waals surface area (Å²) in [5.74, 6) is 0.0762. The molecule has 2 aromatic carbocycles. The maximum absolute atomic E-state index is 13.3. The van der Waals surface area contributed by atoms with Gasteiger partial charge in [-0.2, -0.15) is 0 Å². The van der Waals surface area contributed by atoms with Crippen LogP contribution in [0.5, 0.6) is 0 Å². The molecule has 0 aliphatic heterocycles. The standard InChI is InChI=1S/C20H16FN3OS/c1-12-3-8-16(13(2)11-12)19(25)23-18-17(14-4-6-15(21)7-5-14)22-20-24(18)9-10-26-20/h3-11H,1-2H3,(H,23,25). The molecule has 2 heterocycles. The predicted molar refractivity (Wildman–Crippen MR) is 102 cm³/mol. The summed E-state index contributed by atoms with van der Waals surface area (Å²) in [5.41, 5.74) is 4.01. The number of aryl methyl sites for hydroxylation is 2. The number of carbonyl (C=O) groups excluding carboxylic acids is 1. The third-order valence-electron chi connectivity index (χ3n) is 4.24. The highest BCUT2D eigenvalue weighted by Crippen LogP contribution is 2.31. The zero-order chi connectivity index (χ0) is 18.3. The fourth-order valence-electron chi connectivity index (χ4n) is 2.96. The number of imidazole rings is 1. The fraction of sp³-hybridized carbons (Fsp3) is 0.100. The maximum atomic E-state index is 13.3. The summed E-state index contributed by atoms with van der Waals surface area (Å²) in [6, 6.07) is 11.8. The quantitative estimate of drug-likeness (QED) is 0.551. The smallest absolute Gasteiger partial charge is 0.257 e. The van der Waals surface area contributed by atoms with Gasteiger partial charge in [-0.05, 0) is 49.7 Å². The van der Waals surface area contributed by atoms with Crippen molar-refractivity contribution in [2.45, 2.75) is 13.8 Å². The summed E-state index contributed by atoms with van der Waals surface area (Å²) >= 11 is 1.47. The molecule has 6 heteroatoms. The number of aromatic nitrogens is 2. The number of nitrogens with zero attached hydrogens (tertiary/aromatic N) is 2. The molecule has 0 atom stereocenters. The van der Waals surface area contributed by atoms with E-state index in [2.05, 4.69) is 10.3 Å². The Morgan fingerprint density at radius 3 is 2.65 bits per heavy atom. The number of nitrogens with one attached hydrogen (secondary N) is 1. The van der Waals surface area contributed by atoms with Crippen LogP contribution in [0, 0.1) is 19.7 Å². The summed E-state index contributed by atoms with van der Waals surface area (Å²) in [6.07, 6.45) is 1.86. The molecule has 4 rings (SSSR count). The second-order valence-corrected chi connectivity index (χ2v) is 7.02. The second-order valence-electron chi connectivity index (χ2n) is 6.14. The number of carbonyl (C=O) groups is 1. The Morgan fingerprint density at radius 2 is 1.92 bits per heavy atom. The van der Waals surface area contributed by atoms with Crippen LogP contribution in [0.3, 0.4) is 0 Å². The summed E-state index contributed by atoms with van der Waals surface area (Å²) < 4.78 is 15.1. The number of anilines is 1. The SMILES string of the molecule is Cc1ccc(C(=O)Nc2c(-c3ccc(F)cc3)nc3sccn23)c(C)c1. The van der Waals surface area contributed by atoms with E-state index >= 15 is 0 Å². The lowest BCUT2D eigenvalue weighted by Crippen LogP contribution is -2.15. The highest BCUT2D eigenvalue weighted by molar-refractivity contribution is 7.15. The summed E-state index contributed by atoms with van der Waals surface area (Å²) in [6.45, 7) is 3.91. The minimum absolute atomic E-state index is 0.195. The molecule has 1 N–H and O–H groups in total. The summed E-state index contributed by atoms with van der Waals surface area (Å²) in [5, 5.41) is 4.89. The number of benzene rings is 2. The van der Waals surface area contributed by atoms with E-state index < -0.39 is 0 Å². The molecule has 4 nitrogen and oxygen atoms in total. The third-order valence-corrected chi connectivity index (χ3v) is 4.99. The molecule has 0 unspecified atom stereocenters. The highest BCUT2D eigenvalue weighted by atomic mass is 32.1. The molecule has 26 heavy (non-hydrogen) atoms. The van der Waals surface area contributed by atoms with Gasteiger partial charge < -0.3 is 5.32 Å². The lowest BCUT2D eigenvalue weighted by atomic mass is 10.1. The van der Waals surface area contributed by atoms with Crippen molar-refractivity contribution in [1.29, 1.82) is 0 Å². The van der Waals surface area contributed by atoms with E-state index in [1.807, 2.05) is 48.0 Å². The van der Waals surface area contributed by atoms with E-state index in [1.165, 1.54) is 23.5 Å². The van der Waals surface area contributed by atoms with E-state index in [9.17, 15) is 9.18 Å². The zero-order valence-electron chi connectivity index (χ0n) is 14.3. The van der Waals surface area contributed by atoms with Crippen LogP contribution in [0.1, 0.15) is 21.5 Å². The minimum Gasteiger partial charge on any atom is -0.306 e. The molecule has 0 saturated carbocycles. The van der Waals surface area contributed by atoms with Gasteiger partial charge in [-0.15, -0.1) is 11.3 Å². The third kappa shape index (κ3) is 2.88. The van der Waals surface area contributed by atoms with Crippen LogP contribution in [0.25, 0.3) is 16.2 Å². The molecular weight excluding hydrogens is 349 g/mol. The topological polar surface area (TPSA) is 46.4 Å². The molecular formula is C20H16FN3OS. The first-order chi connectivity index (χ1) is 12.5. The molecule has 2 aromatic heterocycles. The number of halogens is 1. The molecule has 0 fully saturated rings. The number of hydrogen-bond donors (Lipinski definition) is 1. The van der Waals surface area contributed by atoms with Gasteiger partial charge >= 0.3 is 0 Å². The molecule has 4 aromatic rings. The van der Waals surface area contributed by atoms with Gasteiger partial charge in [0, 0.05) is 22.7 Å². The number of rotatable bonds is 3. The van der Waals surface area contributed by atoms with Crippen molar-refractivity contribution in [3.05, 3.63) is 76.5 Å². The van der Waals surface area contributed by atoms with Crippen molar-refractivity contribution >= 4 is 28.0 Å². The van der Waals surface area contributed by atoms with Crippen molar-refractivity contribution in [2.75, 3.05) is 5.32 Å². The van der Waals surface area contributed by atoms with E-state index in [-0.39, 0.29) is 11.7 Å². The number of amides is 1. The largest absolute Gasteiger partial charge is 0.306 e. The van der Waals surface area contributed by atoms with Crippen LogP contribution >= 0.6 is 11.3 Å². The van der Waals surface area contributed by atoms with Crippen LogP contribution in [0.2, 0.25) is 0 Å². The Kier molecular flexibility index (Phi) is 4.05. The van der Waals surface area contributed by atoms with Crippen LogP contribution in [-0.2, 0) is 0 Å². The van der Waals surface area contributed by atoms with Crippen molar-refractivity contribution in [3.63, 3.8) is 0 Å². The van der Waals surface area contributed by atoms with Crippen LogP contribution in [0.15, 0.2) is 54.0 Å². The Hall–Kier alpha value is -2.99. The van der Waals surface area contributed by atoms with Gasteiger partial charge in [0.1, 0.15) is 17.3 Å². The van der Waals surface area contributed by atoms with Gasteiger partial charge in [0.05, 0.1) is 0 Å². The maximum Gasteiger partial charge on any atom is 0.257 e. The van der Waals surface area contributed by atoms with Crippen molar-refractivity contribution in [1.82, 2.24) is 9.38 Å². The Morgan fingerprint density at radius 1 is 1.15 bits per heavy atom. The molecule has 0 aliphatic carbocycles. The molecule has 0 saturated heterocycles.